The molecule has 0 unspecified atom stereocenters. The maximum absolute atomic E-state index is 4.25. The lowest BCUT2D eigenvalue weighted by atomic mass is 9.85. The van der Waals surface area contributed by atoms with E-state index in [4.69, 9.17) is 0 Å². The van der Waals surface area contributed by atoms with E-state index in [1.165, 1.54) is 11.1 Å². The van der Waals surface area contributed by atoms with E-state index < -0.39 is 0 Å². The van der Waals surface area contributed by atoms with Gasteiger partial charge < -0.3 is 4.57 Å². The molecule has 0 saturated heterocycles. The summed E-state index contributed by atoms with van der Waals surface area (Å²) in [6.07, 6.45) is 5.59. The molecule has 0 aliphatic heterocycles. The molecule has 0 atom stereocenters. The third-order valence-corrected chi connectivity index (χ3v) is 4.02. The molecule has 0 fully saturated rings. The highest BCUT2D eigenvalue weighted by Crippen LogP contribution is 2.27. The number of rotatable bonds is 3. The van der Waals surface area contributed by atoms with Gasteiger partial charge in [-0.05, 0) is 29.5 Å². The van der Waals surface area contributed by atoms with Crippen LogP contribution in [-0.4, -0.2) is 19.7 Å². The van der Waals surface area contributed by atoms with Crippen molar-refractivity contribution in [3.05, 3.63) is 66.0 Å². The normalized spacial score (nSPS) is 11.2. The van der Waals surface area contributed by atoms with Gasteiger partial charge in [0.2, 0.25) is 0 Å². The molecule has 0 bridgehead atoms. The number of hydrogen-bond acceptors (Lipinski definition) is 3. The van der Waals surface area contributed by atoms with Crippen LogP contribution in [0.3, 0.4) is 0 Å². The Bertz CT molecular complexity index is 818. The second-order valence-corrected chi connectivity index (χ2v) is 6.87. The van der Waals surface area contributed by atoms with E-state index in [1.807, 2.05) is 19.3 Å². The first-order chi connectivity index (χ1) is 10.9. The molecule has 2 heterocycles. The van der Waals surface area contributed by atoms with Crippen LogP contribution >= 0.6 is 12.4 Å². The zero-order valence-electron chi connectivity index (χ0n) is 14.5. The molecule has 24 heavy (non-hydrogen) atoms. The monoisotopic (exact) mass is 342 g/mol. The number of nitrogens with zero attached hydrogens (tertiary/aromatic N) is 4. The van der Waals surface area contributed by atoms with Gasteiger partial charge in [-0.2, -0.15) is 10.2 Å². The van der Waals surface area contributed by atoms with E-state index in [2.05, 4.69) is 70.9 Å². The van der Waals surface area contributed by atoms with Crippen molar-refractivity contribution in [3.8, 4) is 11.1 Å². The molecule has 5 heteroatoms. The van der Waals surface area contributed by atoms with Crippen LogP contribution in [0, 0.1) is 6.92 Å². The second kappa shape index (κ2) is 7.14. The summed E-state index contributed by atoms with van der Waals surface area (Å²) in [7, 11) is 0. The summed E-state index contributed by atoms with van der Waals surface area (Å²) < 4.78 is 2.07. The highest BCUT2D eigenvalue weighted by Gasteiger charge is 2.14. The van der Waals surface area contributed by atoms with Crippen LogP contribution in [-0.2, 0) is 12.0 Å². The molecular formula is C19H23ClN4. The quantitative estimate of drug-likeness (QED) is 0.707. The Morgan fingerprint density at radius 2 is 1.88 bits per heavy atom. The molecule has 126 valence electrons. The fourth-order valence-electron chi connectivity index (χ4n) is 2.56. The van der Waals surface area contributed by atoms with Crippen molar-refractivity contribution < 1.29 is 0 Å². The lowest BCUT2D eigenvalue weighted by molar-refractivity contribution is 0.590. The van der Waals surface area contributed by atoms with E-state index >= 15 is 0 Å². The van der Waals surface area contributed by atoms with E-state index in [1.54, 1.807) is 6.20 Å². The molecule has 0 radical (unpaired) electrons. The molecule has 0 N–H and O–H groups in total. The number of benzene rings is 1. The van der Waals surface area contributed by atoms with Gasteiger partial charge in [0.25, 0.3) is 0 Å². The smallest absolute Gasteiger partial charge is 0.105 e. The Hall–Kier alpha value is -2.20. The third-order valence-electron chi connectivity index (χ3n) is 4.02. The van der Waals surface area contributed by atoms with Gasteiger partial charge in [0.15, 0.2) is 0 Å². The van der Waals surface area contributed by atoms with Crippen molar-refractivity contribution in [2.24, 2.45) is 0 Å². The minimum absolute atomic E-state index is 0. The highest BCUT2D eigenvalue weighted by molar-refractivity contribution is 5.85. The second-order valence-electron chi connectivity index (χ2n) is 6.87. The number of aromatic nitrogens is 4. The van der Waals surface area contributed by atoms with Gasteiger partial charge in [0.05, 0.1) is 18.4 Å². The van der Waals surface area contributed by atoms with Crippen LogP contribution in [0.2, 0.25) is 0 Å². The Labute approximate surface area is 149 Å². The van der Waals surface area contributed by atoms with Crippen molar-refractivity contribution in [1.82, 2.24) is 19.7 Å². The summed E-state index contributed by atoms with van der Waals surface area (Å²) in [4.78, 5) is 4.25. The zero-order valence-corrected chi connectivity index (χ0v) is 15.3. The number of hydrogen-bond donors (Lipinski definition) is 0. The average Bonchev–Trinajstić information content (AvgIpc) is 2.92. The van der Waals surface area contributed by atoms with E-state index in [0.717, 1.165) is 17.1 Å². The van der Waals surface area contributed by atoms with Crippen LogP contribution in [0.1, 0.15) is 37.9 Å². The van der Waals surface area contributed by atoms with Crippen LogP contribution in [0.5, 0.6) is 0 Å². The summed E-state index contributed by atoms with van der Waals surface area (Å²) >= 11 is 0. The molecule has 0 saturated carbocycles. The maximum atomic E-state index is 4.25. The lowest BCUT2D eigenvalue weighted by Gasteiger charge is -2.19. The van der Waals surface area contributed by atoms with Crippen molar-refractivity contribution in [2.45, 2.75) is 39.7 Å². The van der Waals surface area contributed by atoms with Crippen molar-refractivity contribution in [2.75, 3.05) is 0 Å². The van der Waals surface area contributed by atoms with Gasteiger partial charge in [0.1, 0.15) is 5.82 Å². The van der Waals surface area contributed by atoms with Gasteiger partial charge in [-0.25, -0.2) is 4.98 Å². The Morgan fingerprint density at radius 3 is 2.54 bits per heavy atom. The molecule has 0 aliphatic carbocycles. The van der Waals surface area contributed by atoms with E-state index in [9.17, 15) is 0 Å². The minimum atomic E-state index is 0. The number of halogens is 1. The van der Waals surface area contributed by atoms with Gasteiger partial charge in [0, 0.05) is 18.0 Å². The predicted octanol–water partition coefficient (Wildman–Crippen LogP) is 4.42. The van der Waals surface area contributed by atoms with Crippen molar-refractivity contribution >= 4 is 12.4 Å². The Morgan fingerprint density at radius 1 is 1.08 bits per heavy atom. The summed E-state index contributed by atoms with van der Waals surface area (Å²) in [6, 6.07) is 10.7. The molecule has 2 aromatic heterocycles. The fraction of sp³-hybridized carbons (Fsp3) is 0.316. The Kier molecular flexibility index (Phi) is 5.40. The van der Waals surface area contributed by atoms with Gasteiger partial charge in [-0.1, -0.05) is 45.0 Å². The predicted molar refractivity (Wildman–Crippen MR) is 99.5 cm³/mol. The standard InChI is InChI=1S/C19H22N4.ClH/c1-14-20-8-9-23(14)13-18-11-16(12-21-22-18)15-6-5-7-17(10-15)19(2,3)4;/h5-12H,13H2,1-4H3;1H. The van der Waals surface area contributed by atoms with Gasteiger partial charge in [-0.3, -0.25) is 0 Å². The van der Waals surface area contributed by atoms with E-state index in [-0.39, 0.29) is 17.8 Å². The first kappa shape index (κ1) is 18.1. The average molecular weight is 343 g/mol. The molecule has 0 spiro atoms. The van der Waals surface area contributed by atoms with Crippen LogP contribution in [0.15, 0.2) is 48.9 Å². The number of imidazole rings is 1. The lowest BCUT2D eigenvalue weighted by Crippen LogP contribution is -2.10. The largest absolute Gasteiger partial charge is 0.329 e. The molecule has 0 aliphatic rings. The van der Waals surface area contributed by atoms with Crippen molar-refractivity contribution in [3.63, 3.8) is 0 Å². The van der Waals surface area contributed by atoms with Crippen LogP contribution in [0.4, 0.5) is 0 Å². The SMILES string of the molecule is Cc1nccn1Cc1cc(-c2cccc(C(C)(C)C)c2)cnn1.Cl. The topological polar surface area (TPSA) is 43.6 Å². The number of aryl methyl sites for hydroxylation is 1. The first-order valence-electron chi connectivity index (χ1n) is 7.84. The van der Waals surface area contributed by atoms with Gasteiger partial charge in [-0.15, -0.1) is 12.4 Å². The maximum Gasteiger partial charge on any atom is 0.105 e. The summed E-state index contributed by atoms with van der Waals surface area (Å²) in [5.41, 5.74) is 4.66. The molecular weight excluding hydrogens is 320 g/mol. The minimum Gasteiger partial charge on any atom is -0.329 e. The van der Waals surface area contributed by atoms with E-state index in [0.29, 0.717) is 6.54 Å². The molecule has 3 rings (SSSR count). The van der Waals surface area contributed by atoms with Crippen molar-refractivity contribution in [1.29, 1.82) is 0 Å². The summed E-state index contributed by atoms with van der Waals surface area (Å²) in [5, 5.41) is 8.43. The summed E-state index contributed by atoms with van der Waals surface area (Å²) in [5.74, 6) is 0.979. The van der Waals surface area contributed by atoms with Crippen LogP contribution < -0.4 is 0 Å². The molecule has 0 amide bonds. The fourth-order valence-corrected chi connectivity index (χ4v) is 2.56. The first-order valence-corrected chi connectivity index (χ1v) is 7.84. The molecule has 1 aromatic carbocycles. The molecule has 4 nitrogen and oxygen atoms in total. The highest BCUT2D eigenvalue weighted by atomic mass is 35.5. The Balaban J connectivity index is 0.00000208. The molecule has 3 aromatic rings. The third kappa shape index (κ3) is 4.01. The van der Waals surface area contributed by atoms with Crippen LogP contribution in [0.25, 0.3) is 11.1 Å². The zero-order chi connectivity index (χ0) is 16.4. The summed E-state index contributed by atoms with van der Waals surface area (Å²) in [6.45, 7) is 9.36. The van der Waals surface area contributed by atoms with Gasteiger partial charge >= 0.3 is 0 Å².